The summed E-state index contributed by atoms with van der Waals surface area (Å²) in [6.07, 6.45) is -2.71. The maximum atomic E-state index is 11.8. The van der Waals surface area contributed by atoms with E-state index in [0.717, 1.165) is 22.6 Å². The standard InChI is InChI=1S/C26H36N2O8S4/c1-33-21-7-3-19(4-8-21)15-35-25(31)27-11-13-37-39-17-23(29)24(30)18-40-38-14-12-28-26(32)36-16-20-5-9-22(34-2)10-6-20/h3-10,23-24,29-30H,11-18H2,1-2H3,(H,27,31)(H,28,32)/t23-,24+. The van der Waals surface area contributed by atoms with Gasteiger partial charge in [-0.3, -0.25) is 0 Å². The summed E-state index contributed by atoms with van der Waals surface area (Å²) >= 11 is 0. The molecule has 0 bridgehead atoms. The molecule has 0 aliphatic heterocycles. The number of nitrogens with one attached hydrogen (secondary N) is 2. The van der Waals surface area contributed by atoms with Gasteiger partial charge in [-0.05, 0) is 35.4 Å². The summed E-state index contributed by atoms with van der Waals surface area (Å²) in [4.78, 5) is 23.6. The number of alkyl carbamates (subject to hydrolysis) is 2. The first-order valence-electron chi connectivity index (χ1n) is 12.3. The summed E-state index contributed by atoms with van der Waals surface area (Å²) in [6, 6.07) is 14.5. The Morgan fingerprint density at radius 1 is 0.675 bits per heavy atom. The molecule has 2 aromatic carbocycles. The molecule has 0 aliphatic rings. The average molecular weight is 633 g/mol. The van der Waals surface area contributed by atoms with Crippen LogP contribution >= 0.6 is 43.2 Å². The second-order valence-electron chi connectivity index (χ2n) is 8.05. The van der Waals surface area contributed by atoms with E-state index in [-0.39, 0.29) is 13.2 Å². The highest BCUT2D eigenvalue weighted by atomic mass is 33.1. The zero-order valence-corrected chi connectivity index (χ0v) is 25.7. The smallest absolute Gasteiger partial charge is 0.407 e. The molecule has 2 rings (SSSR count). The van der Waals surface area contributed by atoms with Gasteiger partial charge in [0.05, 0.1) is 26.4 Å². The number of methoxy groups -OCH3 is 2. The minimum absolute atomic E-state index is 0.173. The predicted octanol–water partition coefficient (Wildman–Crippen LogP) is 4.34. The first-order valence-corrected chi connectivity index (χ1v) is 17.3. The van der Waals surface area contributed by atoms with Crippen LogP contribution in [-0.2, 0) is 22.7 Å². The quantitative estimate of drug-likeness (QED) is 0.130. The molecule has 2 aromatic rings. The summed E-state index contributed by atoms with van der Waals surface area (Å²) in [5.74, 6) is 3.46. The van der Waals surface area contributed by atoms with E-state index in [1.807, 2.05) is 24.3 Å². The van der Waals surface area contributed by atoms with Crippen molar-refractivity contribution < 1.29 is 38.7 Å². The van der Waals surface area contributed by atoms with Crippen LogP contribution in [0.2, 0.25) is 0 Å². The Hall–Kier alpha value is -2.10. The van der Waals surface area contributed by atoms with E-state index in [4.69, 9.17) is 18.9 Å². The molecule has 0 saturated heterocycles. The van der Waals surface area contributed by atoms with Gasteiger partial charge >= 0.3 is 12.2 Å². The van der Waals surface area contributed by atoms with Gasteiger partial charge in [0.25, 0.3) is 0 Å². The molecule has 0 aromatic heterocycles. The van der Waals surface area contributed by atoms with E-state index in [1.165, 1.54) is 43.2 Å². The van der Waals surface area contributed by atoms with Crippen molar-refractivity contribution in [1.29, 1.82) is 0 Å². The number of hydrogen-bond donors (Lipinski definition) is 4. The number of benzene rings is 2. The van der Waals surface area contributed by atoms with Crippen LogP contribution in [0.1, 0.15) is 11.1 Å². The lowest BCUT2D eigenvalue weighted by Crippen LogP contribution is -2.30. The molecule has 0 aliphatic carbocycles. The summed E-state index contributed by atoms with van der Waals surface area (Å²) in [5.41, 5.74) is 1.73. The molecule has 40 heavy (non-hydrogen) atoms. The molecule has 0 heterocycles. The van der Waals surface area contributed by atoms with Crippen molar-refractivity contribution in [3.05, 3.63) is 59.7 Å². The number of hydrogen-bond acceptors (Lipinski definition) is 12. The molecule has 10 nitrogen and oxygen atoms in total. The Balaban J connectivity index is 1.40. The van der Waals surface area contributed by atoms with Crippen LogP contribution in [0.15, 0.2) is 48.5 Å². The maximum absolute atomic E-state index is 11.8. The highest BCUT2D eigenvalue weighted by Crippen LogP contribution is 2.25. The molecule has 2 amide bonds. The van der Waals surface area contributed by atoms with Crippen molar-refractivity contribution in [2.75, 3.05) is 50.3 Å². The van der Waals surface area contributed by atoms with Gasteiger partial charge in [0.2, 0.25) is 0 Å². The molecule has 0 fully saturated rings. The van der Waals surface area contributed by atoms with Gasteiger partial charge in [-0.2, -0.15) is 0 Å². The molecule has 0 radical (unpaired) electrons. The topological polar surface area (TPSA) is 136 Å². The Kier molecular flexibility index (Phi) is 17.7. The largest absolute Gasteiger partial charge is 0.497 e. The lowest BCUT2D eigenvalue weighted by atomic mass is 10.2. The Labute approximate surface area is 250 Å². The first-order chi connectivity index (χ1) is 19.4. The van der Waals surface area contributed by atoms with Crippen molar-refractivity contribution in [3.8, 4) is 11.5 Å². The van der Waals surface area contributed by atoms with Crippen molar-refractivity contribution in [1.82, 2.24) is 10.6 Å². The van der Waals surface area contributed by atoms with Crippen LogP contribution in [-0.4, -0.2) is 84.9 Å². The number of rotatable bonds is 19. The first kappa shape index (κ1) is 34.1. The number of amides is 2. The van der Waals surface area contributed by atoms with E-state index in [9.17, 15) is 19.8 Å². The van der Waals surface area contributed by atoms with E-state index in [0.29, 0.717) is 36.1 Å². The Bertz CT molecular complexity index is 906. The minimum atomic E-state index is -0.862. The Morgan fingerprint density at radius 3 is 1.40 bits per heavy atom. The van der Waals surface area contributed by atoms with Gasteiger partial charge in [-0.1, -0.05) is 67.4 Å². The molecule has 14 heteroatoms. The Morgan fingerprint density at radius 2 is 1.05 bits per heavy atom. The van der Waals surface area contributed by atoms with Crippen LogP contribution in [0.25, 0.3) is 0 Å². The van der Waals surface area contributed by atoms with Crippen molar-refractivity contribution in [2.24, 2.45) is 0 Å². The lowest BCUT2D eigenvalue weighted by Gasteiger charge is -2.16. The number of ether oxygens (including phenoxy) is 4. The van der Waals surface area contributed by atoms with E-state index in [1.54, 1.807) is 38.5 Å². The third-order valence-corrected chi connectivity index (χ3v) is 9.90. The van der Waals surface area contributed by atoms with E-state index in [2.05, 4.69) is 10.6 Å². The monoisotopic (exact) mass is 632 g/mol. The van der Waals surface area contributed by atoms with Gasteiger partial charge in [0.1, 0.15) is 24.7 Å². The summed E-state index contributed by atoms with van der Waals surface area (Å²) in [6.45, 7) is 1.19. The normalized spacial score (nSPS) is 12.2. The van der Waals surface area contributed by atoms with Gasteiger partial charge in [0.15, 0.2) is 0 Å². The molecule has 222 valence electrons. The van der Waals surface area contributed by atoms with E-state index >= 15 is 0 Å². The van der Waals surface area contributed by atoms with Crippen LogP contribution in [0, 0.1) is 0 Å². The molecule has 4 N–H and O–H groups in total. The van der Waals surface area contributed by atoms with Crippen molar-refractivity contribution >= 4 is 55.4 Å². The highest BCUT2D eigenvalue weighted by Gasteiger charge is 2.16. The number of aliphatic hydroxyl groups excluding tert-OH is 2. The summed E-state index contributed by atoms with van der Waals surface area (Å²) in [7, 11) is 9.03. The van der Waals surface area contributed by atoms with Gasteiger partial charge in [0, 0.05) is 36.1 Å². The summed E-state index contributed by atoms with van der Waals surface area (Å²) in [5, 5.41) is 25.7. The molecule has 0 unspecified atom stereocenters. The fourth-order valence-corrected chi connectivity index (χ4v) is 6.95. The van der Waals surface area contributed by atoms with Crippen molar-refractivity contribution in [3.63, 3.8) is 0 Å². The fraction of sp³-hybridized carbons (Fsp3) is 0.462. The number of carbonyl (C=O) groups excluding carboxylic acids is 2. The van der Waals surface area contributed by atoms with Gasteiger partial charge in [-0.15, -0.1) is 0 Å². The lowest BCUT2D eigenvalue weighted by molar-refractivity contribution is 0.0503. The second-order valence-corrected chi connectivity index (χ2v) is 13.3. The zero-order valence-electron chi connectivity index (χ0n) is 22.4. The van der Waals surface area contributed by atoms with Crippen LogP contribution in [0.4, 0.5) is 9.59 Å². The molecular weight excluding hydrogens is 597 g/mol. The SMILES string of the molecule is COc1ccc(COC(=O)NCCSSC[C@@H](O)[C@@H](O)CSSCCNC(=O)OCc2ccc(OC)cc2)cc1. The molecule has 0 spiro atoms. The molecular formula is C26H36N2O8S4. The third kappa shape index (κ3) is 15.1. The van der Waals surface area contributed by atoms with Crippen molar-refractivity contribution in [2.45, 2.75) is 25.4 Å². The second kappa shape index (κ2) is 20.7. The van der Waals surface area contributed by atoms with Gasteiger partial charge in [-0.25, -0.2) is 9.59 Å². The van der Waals surface area contributed by atoms with E-state index < -0.39 is 24.4 Å². The molecule has 2 atom stereocenters. The maximum Gasteiger partial charge on any atom is 0.407 e. The predicted molar refractivity (Wildman–Crippen MR) is 164 cm³/mol. The van der Waals surface area contributed by atoms with Gasteiger partial charge < -0.3 is 39.8 Å². The molecule has 0 saturated carbocycles. The third-order valence-electron chi connectivity index (χ3n) is 5.06. The summed E-state index contributed by atoms with van der Waals surface area (Å²) < 4.78 is 20.5. The van der Waals surface area contributed by atoms with Crippen LogP contribution < -0.4 is 20.1 Å². The highest BCUT2D eigenvalue weighted by molar-refractivity contribution is 8.77. The number of carbonyl (C=O) groups is 2. The fourth-order valence-electron chi connectivity index (χ4n) is 2.81. The zero-order chi connectivity index (χ0) is 29.0. The van der Waals surface area contributed by atoms with Crippen LogP contribution in [0.5, 0.6) is 11.5 Å². The minimum Gasteiger partial charge on any atom is -0.497 e. The number of aliphatic hydroxyl groups is 2. The average Bonchev–Trinajstić information content (AvgIpc) is 2.98. The van der Waals surface area contributed by atoms with Crippen LogP contribution in [0.3, 0.4) is 0 Å².